The lowest BCUT2D eigenvalue weighted by atomic mass is 10.8. The number of rotatable bonds is 8. The van der Waals surface area contributed by atoms with Crippen molar-refractivity contribution in [3.63, 3.8) is 0 Å². The summed E-state index contributed by atoms with van der Waals surface area (Å²) < 4.78 is 34.5. The van der Waals surface area contributed by atoms with Crippen molar-refractivity contribution in [3.8, 4) is 0 Å². The van der Waals surface area contributed by atoms with Crippen LogP contribution in [0.1, 0.15) is 0 Å². The second kappa shape index (κ2) is 6.73. The highest BCUT2D eigenvalue weighted by molar-refractivity contribution is 7.51. The maximum Gasteiger partial charge on any atom is 0.472 e. The van der Waals surface area contributed by atoms with E-state index < -0.39 is 22.0 Å². The van der Waals surface area contributed by atoms with Crippen LogP contribution in [-0.4, -0.2) is 48.0 Å². The molecule has 0 aromatic heterocycles. The first-order chi connectivity index (χ1) is 6.77. The fourth-order valence-corrected chi connectivity index (χ4v) is 1.66. The van der Waals surface area contributed by atoms with Crippen molar-refractivity contribution in [1.82, 2.24) is 0 Å². The van der Waals surface area contributed by atoms with E-state index in [-0.39, 0.29) is 19.8 Å². The lowest BCUT2D eigenvalue weighted by molar-refractivity contribution is 0.108. The summed E-state index contributed by atoms with van der Waals surface area (Å²) in [6.45, 7) is -0.436. The fraction of sp³-hybridized carbons (Fsp3) is 1.00. The van der Waals surface area contributed by atoms with Crippen LogP contribution in [0.3, 0.4) is 0 Å². The van der Waals surface area contributed by atoms with E-state index in [4.69, 9.17) is 14.9 Å². The lowest BCUT2D eigenvalue weighted by Crippen LogP contribution is -2.05. The molecule has 0 radical (unpaired) electrons. The van der Waals surface area contributed by atoms with Crippen molar-refractivity contribution >= 4 is 15.4 Å². The first kappa shape index (κ1) is 15.2. The van der Waals surface area contributed by atoms with Gasteiger partial charge in [0.25, 0.3) is 0 Å². The van der Waals surface area contributed by atoms with Crippen LogP contribution in [0.5, 0.6) is 0 Å². The zero-order valence-electron chi connectivity index (χ0n) is 8.11. The molecule has 0 heterocycles. The molecule has 0 aliphatic carbocycles. The molecule has 0 amide bonds. The predicted molar refractivity (Wildman–Crippen MR) is 50.5 cm³/mol. The van der Waals surface area contributed by atoms with E-state index in [1.165, 1.54) is 0 Å². The maximum atomic E-state index is 10.9. The molecule has 8 nitrogen and oxygen atoms in total. The molecule has 0 fully saturated rings. The zero-order valence-corrected chi connectivity index (χ0v) is 9.89. The van der Waals surface area contributed by atoms with Crippen LogP contribution in [0.25, 0.3) is 0 Å². The summed E-state index contributed by atoms with van der Waals surface area (Å²) in [7, 11) is -7.80. The van der Waals surface area contributed by atoms with Gasteiger partial charge in [0.1, 0.15) is 0 Å². The topological polar surface area (TPSA) is 123 Å². The molecular weight excluding hydrogens is 250 g/mol. The summed E-state index contributed by atoms with van der Waals surface area (Å²) in [6, 6.07) is 0. The Morgan fingerprint density at radius 2 is 1.47 bits per heavy atom. The molecule has 0 spiro atoms. The molecule has 0 aliphatic rings. The minimum atomic E-state index is -4.20. The van der Waals surface area contributed by atoms with Gasteiger partial charge in [0, 0.05) is 6.66 Å². The van der Waals surface area contributed by atoms with E-state index in [1.54, 1.807) is 0 Å². The van der Waals surface area contributed by atoms with Crippen LogP contribution in [-0.2, 0) is 22.7 Å². The van der Waals surface area contributed by atoms with Gasteiger partial charge in [-0.1, -0.05) is 0 Å². The molecule has 3 N–H and O–H groups in total. The van der Waals surface area contributed by atoms with Crippen LogP contribution in [0, 0.1) is 0 Å². The second-order valence-corrected chi connectivity index (χ2v) is 5.81. The number of phosphoric ester groups is 1. The predicted octanol–water partition coefficient (Wildman–Crippen LogP) is -0.0559. The van der Waals surface area contributed by atoms with Gasteiger partial charge in [0.15, 0.2) is 0 Å². The normalized spacial score (nSPS) is 19.5. The third kappa shape index (κ3) is 10.5. The molecule has 0 saturated carbocycles. The molecule has 0 bridgehead atoms. The summed E-state index contributed by atoms with van der Waals surface area (Å²) >= 11 is 0. The first-order valence-electron chi connectivity index (χ1n) is 3.94. The minimum absolute atomic E-state index is 0.308. The van der Waals surface area contributed by atoms with Crippen molar-refractivity contribution in [2.75, 3.05) is 33.1 Å². The number of aliphatic hydroxyl groups is 1. The van der Waals surface area contributed by atoms with Crippen LogP contribution < -0.4 is 0 Å². The van der Waals surface area contributed by atoms with Gasteiger partial charge in [-0.05, 0) is 0 Å². The van der Waals surface area contributed by atoms with Crippen molar-refractivity contribution in [3.05, 3.63) is 0 Å². The van der Waals surface area contributed by atoms with E-state index in [0.29, 0.717) is 0 Å². The van der Waals surface area contributed by atoms with E-state index in [1.807, 2.05) is 0 Å². The highest BCUT2D eigenvalue weighted by atomic mass is 31.2. The largest absolute Gasteiger partial charge is 0.472 e. The van der Waals surface area contributed by atoms with Gasteiger partial charge in [-0.2, -0.15) is 0 Å². The third-order valence-corrected chi connectivity index (χ3v) is 2.69. The second-order valence-electron chi connectivity index (χ2n) is 2.49. The number of aliphatic hydroxyl groups excluding tert-OH is 1. The van der Waals surface area contributed by atoms with Crippen molar-refractivity contribution in [2.24, 2.45) is 0 Å². The summed E-state index contributed by atoms with van der Waals surface area (Å²) in [6.07, 6.45) is 0. The Bertz CT molecular complexity index is 260. The van der Waals surface area contributed by atoms with Gasteiger partial charge in [0.2, 0.25) is 0 Å². The SMILES string of the molecule is CP(=O)(O)OCCOP(=O)(O)OCCO. The van der Waals surface area contributed by atoms with Crippen LogP contribution in [0.15, 0.2) is 0 Å². The van der Waals surface area contributed by atoms with Crippen LogP contribution in [0.4, 0.5) is 0 Å². The zero-order chi connectivity index (χ0) is 11.9. The number of phosphoric acid groups is 1. The fourth-order valence-electron chi connectivity index (χ4n) is 0.553. The lowest BCUT2D eigenvalue weighted by Gasteiger charge is -2.11. The van der Waals surface area contributed by atoms with E-state index in [2.05, 4.69) is 13.6 Å². The molecule has 15 heavy (non-hydrogen) atoms. The van der Waals surface area contributed by atoms with Crippen molar-refractivity contribution < 1.29 is 37.6 Å². The Morgan fingerprint density at radius 3 is 1.93 bits per heavy atom. The van der Waals surface area contributed by atoms with Gasteiger partial charge in [-0.15, -0.1) is 0 Å². The molecule has 0 aliphatic heterocycles. The van der Waals surface area contributed by atoms with Crippen LogP contribution in [0.2, 0.25) is 0 Å². The smallest absolute Gasteiger partial charge is 0.394 e. The van der Waals surface area contributed by atoms with E-state index in [9.17, 15) is 9.13 Å². The Kier molecular flexibility index (Phi) is 6.83. The first-order valence-corrected chi connectivity index (χ1v) is 7.46. The average Bonchev–Trinajstić information content (AvgIpc) is 2.08. The molecule has 0 aromatic carbocycles. The number of hydrogen-bond acceptors (Lipinski definition) is 6. The van der Waals surface area contributed by atoms with Gasteiger partial charge in [0.05, 0.1) is 26.4 Å². The molecule has 92 valence electrons. The quantitative estimate of drug-likeness (QED) is 0.411. The van der Waals surface area contributed by atoms with Crippen LogP contribution >= 0.6 is 15.4 Å². The van der Waals surface area contributed by atoms with Gasteiger partial charge in [-0.3, -0.25) is 13.6 Å². The van der Waals surface area contributed by atoms with Gasteiger partial charge >= 0.3 is 15.4 Å². The molecule has 0 rings (SSSR count). The molecule has 2 unspecified atom stereocenters. The van der Waals surface area contributed by atoms with Crippen molar-refractivity contribution in [2.45, 2.75) is 0 Å². The molecule has 0 saturated heterocycles. The minimum Gasteiger partial charge on any atom is -0.394 e. The molecule has 0 aromatic rings. The monoisotopic (exact) mass is 264 g/mol. The average molecular weight is 264 g/mol. The summed E-state index contributed by atoms with van der Waals surface area (Å²) in [5, 5.41) is 8.30. The molecule has 10 heteroatoms. The Balaban J connectivity index is 3.66. The standard InChI is InChI=1S/C5H14O8P2/c1-14(7,8)11-4-5-13-15(9,10)12-3-2-6/h6H,2-5H2,1H3,(H,7,8)(H,9,10). The van der Waals surface area contributed by atoms with Crippen molar-refractivity contribution in [1.29, 1.82) is 0 Å². The van der Waals surface area contributed by atoms with E-state index >= 15 is 0 Å². The molecule has 2 atom stereocenters. The Labute approximate surface area is 86.9 Å². The molecular formula is C5H14O8P2. The summed E-state index contributed by atoms with van der Waals surface area (Å²) in [5.74, 6) is 0. The van der Waals surface area contributed by atoms with Gasteiger partial charge < -0.3 is 19.4 Å². The Morgan fingerprint density at radius 1 is 1.00 bits per heavy atom. The van der Waals surface area contributed by atoms with Gasteiger partial charge in [-0.25, -0.2) is 4.57 Å². The third-order valence-electron chi connectivity index (χ3n) is 1.01. The number of hydrogen-bond donors (Lipinski definition) is 3. The summed E-state index contributed by atoms with van der Waals surface area (Å²) in [4.78, 5) is 17.6. The highest BCUT2D eigenvalue weighted by Gasteiger charge is 2.20. The maximum absolute atomic E-state index is 10.9. The Hall–Kier alpha value is 0.220. The summed E-state index contributed by atoms with van der Waals surface area (Å²) in [5.41, 5.74) is 0. The highest BCUT2D eigenvalue weighted by Crippen LogP contribution is 2.43. The van der Waals surface area contributed by atoms with E-state index in [0.717, 1.165) is 6.66 Å².